The number of hydrogen-bond donors (Lipinski definition) is 1. The molecule has 5 rings (SSSR count). The summed E-state index contributed by atoms with van der Waals surface area (Å²) in [5.74, 6) is 1.78. The van der Waals surface area contributed by atoms with Crippen LogP contribution in [0.2, 0.25) is 0 Å². The second kappa shape index (κ2) is 6.85. The van der Waals surface area contributed by atoms with E-state index in [0.717, 1.165) is 37.1 Å². The summed E-state index contributed by atoms with van der Waals surface area (Å²) in [5, 5.41) is 7.04. The highest BCUT2D eigenvalue weighted by atomic mass is 16.2. The van der Waals surface area contributed by atoms with E-state index in [4.69, 9.17) is 0 Å². The van der Waals surface area contributed by atoms with Gasteiger partial charge in [-0.25, -0.2) is 14.6 Å². The smallest absolute Gasteiger partial charge is 0.246 e. The first-order valence-corrected chi connectivity index (χ1v) is 9.75. The summed E-state index contributed by atoms with van der Waals surface area (Å²) in [4.78, 5) is 34.3. The number of nitrogens with one attached hydrogen (secondary N) is 1. The molecule has 1 saturated carbocycles. The Kier molecular flexibility index (Phi) is 4.18. The van der Waals surface area contributed by atoms with Gasteiger partial charge in [0.25, 0.3) is 0 Å². The maximum Gasteiger partial charge on any atom is 0.246 e. The van der Waals surface area contributed by atoms with Crippen molar-refractivity contribution in [3.8, 4) is 0 Å². The molecule has 0 aromatic carbocycles. The van der Waals surface area contributed by atoms with Crippen LogP contribution >= 0.6 is 0 Å². The van der Waals surface area contributed by atoms with Crippen LogP contribution in [0.3, 0.4) is 0 Å². The van der Waals surface area contributed by atoms with Gasteiger partial charge in [-0.15, -0.1) is 0 Å². The fourth-order valence-corrected chi connectivity index (χ4v) is 4.71. The number of aryl methyl sites for hydroxylation is 1. The van der Waals surface area contributed by atoms with E-state index in [-0.39, 0.29) is 11.8 Å². The van der Waals surface area contributed by atoms with Gasteiger partial charge in [0.15, 0.2) is 0 Å². The van der Waals surface area contributed by atoms with Crippen LogP contribution in [0.5, 0.6) is 0 Å². The molecule has 2 aromatic heterocycles. The Morgan fingerprint density at radius 3 is 2.79 bits per heavy atom. The van der Waals surface area contributed by atoms with Gasteiger partial charge in [0.05, 0.1) is 6.04 Å². The standard InChI is InChI=1S/C20H22N6O2/c27-18-3-2-14-5-13(8-22-20(14)24-18)1-4-19(28)25-9-15-6-17(7-16(15)10-25)26-12-21-11-23-26/h1,4-5,8,11-12,15-17H,2-3,6-7,9-10H2,(H,22,24,27)/b4-1+/t15-,16?,17?/m0/s1. The molecule has 28 heavy (non-hydrogen) atoms. The maximum atomic E-state index is 12.6. The van der Waals surface area contributed by atoms with Crippen LogP contribution in [0.25, 0.3) is 6.08 Å². The average Bonchev–Trinajstić information content (AvgIpc) is 3.41. The molecule has 1 saturated heterocycles. The molecule has 2 amide bonds. The number of fused-ring (bicyclic) bond motifs is 2. The molecule has 1 aliphatic carbocycles. The summed E-state index contributed by atoms with van der Waals surface area (Å²) in [7, 11) is 0. The first-order valence-electron chi connectivity index (χ1n) is 9.75. The zero-order valence-corrected chi connectivity index (χ0v) is 15.5. The Morgan fingerprint density at radius 2 is 2.04 bits per heavy atom. The average molecular weight is 378 g/mol. The Hall–Kier alpha value is -3.03. The molecule has 8 nitrogen and oxygen atoms in total. The van der Waals surface area contributed by atoms with Crippen LogP contribution in [0, 0.1) is 11.8 Å². The second-order valence-corrected chi connectivity index (χ2v) is 7.92. The lowest BCUT2D eigenvalue weighted by Gasteiger charge is -2.18. The lowest BCUT2D eigenvalue weighted by Crippen LogP contribution is -2.28. The van der Waals surface area contributed by atoms with Gasteiger partial charge in [0.1, 0.15) is 18.5 Å². The van der Waals surface area contributed by atoms with Crippen LogP contribution in [-0.4, -0.2) is 49.6 Å². The highest BCUT2D eigenvalue weighted by Crippen LogP contribution is 2.43. The van der Waals surface area contributed by atoms with Crippen molar-refractivity contribution in [3.05, 3.63) is 42.1 Å². The maximum absolute atomic E-state index is 12.6. The van der Waals surface area contributed by atoms with E-state index < -0.39 is 0 Å². The molecule has 4 heterocycles. The van der Waals surface area contributed by atoms with Crippen LogP contribution in [0.1, 0.15) is 36.4 Å². The number of carbonyl (C=O) groups is 2. The quantitative estimate of drug-likeness (QED) is 0.821. The van der Waals surface area contributed by atoms with Crippen molar-refractivity contribution in [2.24, 2.45) is 11.8 Å². The number of carbonyl (C=O) groups excluding carboxylic acids is 2. The van der Waals surface area contributed by atoms with Crippen molar-refractivity contribution in [1.29, 1.82) is 0 Å². The molecule has 1 N–H and O–H groups in total. The van der Waals surface area contributed by atoms with Crippen LogP contribution < -0.4 is 5.32 Å². The third-order valence-corrected chi connectivity index (χ3v) is 6.13. The Morgan fingerprint density at radius 1 is 1.21 bits per heavy atom. The fraction of sp³-hybridized carbons (Fsp3) is 0.450. The van der Waals surface area contributed by atoms with E-state index in [1.165, 1.54) is 0 Å². The number of rotatable bonds is 3. The second-order valence-electron chi connectivity index (χ2n) is 7.92. The number of hydrogen-bond acceptors (Lipinski definition) is 5. The SMILES string of the molecule is O=C1CCc2cc(/C=C/C(=O)N3CC4CC(n5cncn5)C[C@H]4C3)cnc2N1. The Labute approximate surface area is 162 Å². The number of aromatic nitrogens is 4. The molecule has 3 atom stereocenters. The van der Waals surface area contributed by atoms with Crippen molar-refractivity contribution in [2.45, 2.75) is 31.7 Å². The lowest BCUT2D eigenvalue weighted by atomic mass is 10.0. The number of amides is 2. The highest BCUT2D eigenvalue weighted by Gasteiger charge is 2.42. The predicted octanol–water partition coefficient (Wildman–Crippen LogP) is 1.68. The van der Waals surface area contributed by atoms with Crippen LogP contribution in [-0.2, 0) is 16.0 Å². The number of nitrogens with zero attached hydrogens (tertiary/aromatic N) is 5. The minimum Gasteiger partial charge on any atom is -0.339 e. The van der Waals surface area contributed by atoms with E-state index in [1.54, 1.807) is 24.9 Å². The van der Waals surface area contributed by atoms with Crippen molar-refractivity contribution < 1.29 is 9.59 Å². The van der Waals surface area contributed by atoms with E-state index in [2.05, 4.69) is 20.4 Å². The van der Waals surface area contributed by atoms with E-state index in [9.17, 15) is 9.59 Å². The van der Waals surface area contributed by atoms with Crippen molar-refractivity contribution >= 4 is 23.7 Å². The normalized spacial score (nSPS) is 26.4. The molecule has 2 aromatic rings. The van der Waals surface area contributed by atoms with Gasteiger partial charge in [-0.2, -0.15) is 5.10 Å². The van der Waals surface area contributed by atoms with Gasteiger partial charge in [0, 0.05) is 31.8 Å². The predicted molar refractivity (Wildman–Crippen MR) is 102 cm³/mol. The molecule has 0 radical (unpaired) electrons. The monoisotopic (exact) mass is 378 g/mol. The zero-order valence-electron chi connectivity index (χ0n) is 15.5. The first-order chi connectivity index (χ1) is 13.7. The first kappa shape index (κ1) is 17.1. The Balaban J connectivity index is 1.20. The topological polar surface area (TPSA) is 93.0 Å². The summed E-state index contributed by atoms with van der Waals surface area (Å²) in [6.45, 7) is 1.63. The number of likely N-dealkylation sites (tertiary alicyclic amines) is 1. The summed E-state index contributed by atoms with van der Waals surface area (Å²) in [6.07, 6.45) is 11.8. The molecular weight excluding hydrogens is 356 g/mol. The van der Waals surface area contributed by atoms with E-state index in [0.29, 0.717) is 36.5 Å². The number of anilines is 1. The van der Waals surface area contributed by atoms with Crippen LogP contribution in [0.15, 0.2) is 31.0 Å². The fourth-order valence-electron chi connectivity index (χ4n) is 4.71. The summed E-state index contributed by atoms with van der Waals surface area (Å²) in [6, 6.07) is 2.40. The van der Waals surface area contributed by atoms with Crippen molar-refractivity contribution in [1.82, 2.24) is 24.6 Å². The molecule has 0 bridgehead atoms. The van der Waals surface area contributed by atoms with Gasteiger partial charge in [0.2, 0.25) is 11.8 Å². The van der Waals surface area contributed by atoms with Crippen LogP contribution in [0.4, 0.5) is 5.82 Å². The molecule has 0 spiro atoms. The van der Waals surface area contributed by atoms with Crippen molar-refractivity contribution in [2.75, 3.05) is 18.4 Å². The van der Waals surface area contributed by atoms with Gasteiger partial charge in [-0.1, -0.05) is 0 Å². The summed E-state index contributed by atoms with van der Waals surface area (Å²) >= 11 is 0. The molecule has 144 valence electrons. The minimum atomic E-state index is 0.00381. The third-order valence-electron chi connectivity index (χ3n) is 6.13. The molecule has 8 heteroatoms. The summed E-state index contributed by atoms with van der Waals surface area (Å²) < 4.78 is 1.95. The minimum absolute atomic E-state index is 0.00381. The van der Waals surface area contributed by atoms with Gasteiger partial charge < -0.3 is 10.2 Å². The highest BCUT2D eigenvalue weighted by molar-refractivity contribution is 5.94. The van der Waals surface area contributed by atoms with E-state index in [1.807, 2.05) is 21.7 Å². The zero-order chi connectivity index (χ0) is 19.1. The molecule has 2 aliphatic heterocycles. The lowest BCUT2D eigenvalue weighted by molar-refractivity contribution is -0.125. The summed E-state index contributed by atoms with van der Waals surface area (Å²) in [5.41, 5.74) is 1.90. The molecule has 2 unspecified atom stereocenters. The largest absolute Gasteiger partial charge is 0.339 e. The molecule has 2 fully saturated rings. The van der Waals surface area contributed by atoms with Crippen molar-refractivity contribution in [3.63, 3.8) is 0 Å². The van der Waals surface area contributed by atoms with E-state index >= 15 is 0 Å². The molecular formula is C20H22N6O2. The molecule has 3 aliphatic rings. The van der Waals surface area contributed by atoms with Gasteiger partial charge in [-0.05, 0) is 54.4 Å². The number of pyridine rings is 1. The third kappa shape index (κ3) is 3.19. The van der Waals surface area contributed by atoms with Gasteiger partial charge >= 0.3 is 0 Å². The van der Waals surface area contributed by atoms with Gasteiger partial charge in [-0.3, -0.25) is 9.59 Å². The Bertz CT molecular complexity index is 924.